The first kappa shape index (κ1) is 85.9. The molecule has 7 saturated heterocycles. The lowest BCUT2D eigenvalue weighted by molar-refractivity contribution is -0.125. The van der Waals surface area contributed by atoms with Crippen molar-refractivity contribution in [1.82, 2.24) is 59.2 Å². The van der Waals surface area contributed by atoms with Crippen LogP contribution in [0.2, 0.25) is 0 Å². The molecule has 0 bridgehead atoms. The van der Waals surface area contributed by atoms with Crippen LogP contribution < -0.4 is 11.1 Å². The lowest BCUT2D eigenvalue weighted by Crippen LogP contribution is -2.53. The van der Waals surface area contributed by atoms with Gasteiger partial charge in [-0.15, -0.1) is 0 Å². The monoisotopic (exact) mass is 1160 g/mol. The van der Waals surface area contributed by atoms with E-state index in [0.29, 0.717) is 6.04 Å². The average molecular weight is 1160 g/mol. The van der Waals surface area contributed by atoms with Crippen molar-refractivity contribution in [2.75, 3.05) is 194 Å². The Morgan fingerprint density at radius 2 is 0.753 bits per heavy atom. The molecule has 7 aliphatic rings. The minimum atomic E-state index is -0.241. The van der Waals surface area contributed by atoms with E-state index in [4.69, 9.17) is 10.8 Å². The number of carbonyl (C=O) groups is 2. The van der Waals surface area contributed by atoms with Crippen LogP contribution in [0.15, 0.2) is 0 Å². The van der Waals surface area contributed by atoms with E-state index >= 15 is 0 Å². The summed E-state index contributed by atoms with van der Waals surface area (Å²) in [6.45, 7) is 57.0. The number of amides is 2. The summed E-state index contributed by atoms with van der Waals surface area (Å²) in [6, 6.07) is 3.69. The molecular weight excluding hydrogens is 1010 g/mol. The van der Waals surface area contributed by atoms with Crippen molar-refractivity contribution in [3.63, 3.8) is 0 Å². The first-order chi connectivity index (χ1) is 38.4. The number of hydrogen-bond acceptors (Lipinski definition) is 14. The smallest absolute Gasteiger partial charge is 0.222 e. The molecule has 0 saturated carbocycles. The molecule has 0 unspecified atom stereocenters. The fraction of sp³-hybridized carbons (Fsp3) is 0.969. The van der Waals surface area contributed by atoms with Gasteiger partial charge in [0.1, 0.15) is 0 Å². The molecule has 16 nitrogen and oxygen atoms in total. The Morgan fingerprint density at radius 1 is 0.457 bits per heavy atom. The molecule has 0 aromatic rings. The van der Waals surface area contributed by atoms with E-state index in [9.17, 15) is 9.59 Å². The lowest BCUT2D eigenvalue weighted by Gasteiger charge is -2.43. The topological polar surface area (TPSA) is 128 Å². The Bertz CT molecular complexity index is 1280. The lowest BCUT2D eigenvalue weighted by atomic mass is 10.0. The second-order valence-corrected chi connectivity index (χ2v) is 23.9. The molecule has 4 N–H and O–H groups in total. The van der Waals surface area contributed by atoms with Crippen molar-refractivity contribution >= 4 is 11.8 Å². The molecule has 7 aliphatic heterocycles. The highest BCUT2D eigenvalue weighted by Crippen LogP contribution is 2.20. The van der Waals surface area contributed by atoms with E-state index in [-0.39, 0.29) is 29.8 Å². The number of aliphatic hydroxyl groups is 1. The summed E-state index contributed by atoms with van der Waals surface area (Å²) >= 11 is 0. The first-order valence-corrected chi connectivity index (χ1v) is 33.4. The first-order valence-electron chi connectivity index (χ1n) is 33.4. The molecular formula is C65H147N13O3. The van der Waals surface area contributed by atoms with Crippen molar-refractivity contribution in [3.8, 4) is 0 Å². The van der Waals surface area contributed by atoms with Gasteiger partial charge in [-0.25, -0.2) is 0 Å². The van der Waals surface area contributed by atoms with Crippen molar-refractivity contribution in [2.24, 2.45) is 17.6 Å². The third-order valence-corrected chi connectivity index (χ3v) is 16.3. The molecule has 7 fully saturated rings. The van der Waals surface area contributed by atoms with Gasteiger partial charge in [-0.2, -0.15) is 0 Å². The van der Waals surface area contributed by atoms with Crippen LogP contribution in [-0.4, -0.2) is 301 Å². The van der Waals surface area contributed by atoms with Crippen LogP contribution in [-0.2, 0) is 9.59 Å². The number of likely N-dealkylation sites (tertiary alicyclic amines) is 5. The van der Waals surface area contributed by atoms with E-state index in [2.05, 4.69) is 150 Å². The van der Waals surface area contributed by atoms with Gasteiger partial charge in [0.15, 0.2) is 0 Å². The molecule has 7 heterocycles. The van der Waals surface area contributed by atoms with Gasteiger partial charge in [0.25, 0.3) is 0 Å². The molecule has 16 heteroatoms. The number of aliphatic hydroxyl groups excluding tert-OH is 1. The van der Waals surface area contributed by atoms with E-state index in [0.717, 1.165) is 76.0 Å². The number of rotatable bonds is 9. The molecule has 0 radical (unpaired) electrons. The maximum Gasteiger partial charge on any atom is 0.222 e. The average Bonchev–Trinajstić information content (AvgIpc) is 3.47. The number of likely N-dealkylation sites (N-methyl/N-ethyl adjacent to an activating group) is 3. The van der Waals surface area contributed by atoms with Crippen LogP contribution in [0.3, 0.4) is 0 Å². The second-order valence-electron chi connectivity index (χ2n) is 23.9. The van der Waals surface area contributed by atoms with Crippen LogP contribution in [0.1, 0.15) is 175 Å². The molecule has 7 rings (SSSR count). The fourth-order valence-corrected chi connectivity index (χ4v) is 9.99. The Kier molecular flexibility index (Phi) is 58.4. The number of nitrogens with two attached hydrogens (primary N) is 1. The number of piperidine rings is 5. The highest BCUT2D eigenvalue weighted by Gasteiger charge is 2.28. The van der Waals surface area contributed by atoms with Gasteiger partial charge in [0, 0.05) is 107 Å². The largest absolute Gasteiger partial charge is 0.393 e. The summed E-state index contributed by atoms with van der Waals surface area (Å²) in [5, 5.41) is 12.1. The van der Waals surface area contributed by atoms with Crippen molar-refractivity contribution in [2.45, 2.75) is 211 Å². The zero-order valence-corrected chi connectivity index (χ0v) is 59.1. The van der Waals surface area contributed by atoms with Crippen LogP contribution in [0.4, 0.5) is 0 Å². The number of piperazine rings is 2. The molecule has 2 amide bonds. The normalized spacial score (nSPS) is 21.2. The third kappa shape index (κ3) is 45.4. The highest BCUT2D eigenvalue weighted by atomic mass is 16.3. The molecule has 0 spiro atoms. The van der Waals surface area contributed by atoms with E-state index in [1.165, 1.54) is 143 Å². The Hall–Kier alpha value is -1.54. The van der Waals surface area contributed by atoms with Gasteiger partial charge in [0.05, 0.1) is 6.10 Å². The van der Waals surface area contributed by atoms with Gasteiger partial charge in [-0.05, 0) is 207 Å². The fourth-order valence-electron chi connectivity index (χ4n) is 9.99. The van der Waals surface area contributed by atoms with Gasteiger partial charge in [-0.3, -0.25) is 14.5 Å². The van der Waals surface area contributed by atoms with Gasteiger partial charge in [-0.1, -0.05) is 96.9 Å². The SMILES string of the molecule is CC.CC.CC.CC.CC(C)C(=O)NC1CCN(C)CC1.CC(C)C(N)=O.CC(C)N1CCC(N2CCN(C)CC2)CC1.CCN(CC)C1CCN(C)CC1.CN1CCC(N(C)C)CC1.CN1CCC(O)CC1.CN1CCN(C)CC1. The predicted molar refractivity (Wildman–Crippen MR) is 357 cm³/mol. The van der Waals surface area contributed by atoms with Crippen LogP contribution >= 0.6 is 0 Å². The van der Waals surface area contributed by atoms with E-state index in [1.807, 2.05) is 69.2 Å². The van der Waals surface area contributed by atoms with Crippen molar-refractivity contribution in [1.29, 1.82) is 0 Å². The second kappa shape index (κ2) is 55.1. The van der Waals surface area contributed by atoms with Gasteiger partial charge in [0.2, 0.25) is 11.8 Å². The summed E-state index contributed by atoms with van der Waals surface area (Å²) < 4.78 is 0. The maximum atomic E-state index is 11.4. The summed E-state index contributed by atoms with van der Waals surface area (Å²) in [5.41, 5.74) is 4.80. The van der Waals surface area contributed by atoms with E-state index in [1.54, 1.807) is 13.8 Å². The van der Waals surface area contributed by atoms with Gasteiger partial charge >= 0.3 is 0 Å². The van der Waals surface area contributed by atoms with Crippen LogP contribution in [0.5, 0.6) is 0 Å². The molecule has 0 aromatic carbocycles. The minimum Gasteiger partial charge on any atom is -0.393 e. The number of carbonyl (C=O) groups excluding carboxylic acids is 2. The summed E-state index contributed by atoms with van der Waals surface area (Å²) in [7, 11) is 19.6. The molecule has 0 aliphatic carbocycles. The molecule has 0 atom stereocenters. The number of primary amides is 1. The zero-order chi connectivity index (χ0) is 63.0. The Labute approximate surface area is 506 Å². The summed E-state index contributed by atoms with van der Waals surface area (Å²) in [5.74, 6) is 0.0502. The Morgan fingerprint density at radius 3 is 1.04 bits per heavy atom. The number of nitrogens with one attached hydrogen (secondary N) is 1. The van der Waals surface area contributed by atoms with Crippen LogP contribution in [0, 0.1) is 11.8 Å². The zero-order valence-electron chi connectivity index (χ0n) is 59.1. The maximum absolute atomic E-state index is 11.4. The predicted octanol–water partition coefficient (Wildman–Crippen LogP) is 8.19. The summed E-state index contributed by atoms with van der Waals surface area (Å²) in [4.78, 5) is 48.1. The molecule has 0 aromatic heterocycles. The number of nitrogens with zero attached hydrogens (tertiary/aromatic N) is 11. The quantitative estimate of drug-likeness (QED) is 0.205. The molecule has 490 valence electrons. The third-order valence-electron chi connectivity index (χ3n) is 16.3. The Balaban J connectivity index is -0.000000425. The van der Waals surface area contributed by atoms with Crippen molar-refractivity contribution < 1.29 is 14.7 Å². The van der Waals surface area contributed by atoms with Crippen molar-refractivity contribution in [3.05, 3.63) is 0 Å². The minimum absolute atomic E-state index is 0.00926. The van der Waals surface area contributed by atoms with E-state index < -0.39 is 0 Å². The van der Waals surface area contributed by atoms with Gasteiger partial charge < -0.3 is 65.2 Å². The summed E-state index contributed by atoms with van der Waals surface area (Å²) in [6.07, 6.45) is 12.2. The van der Waals surface area contributed by atoms with Crippen LogP contribution in [0.25, 0.3) is 0 Å². The highest BCUT2D eigenvalue weighted by molar-refractivity contribution is 5.78. The standard InChI is InChI=1S/C13H27N3.C10H20N2O.C10H22N2.C8H18N2.C6H14N2.C6H13NO.C4H9NO.4C2H6/c1-12(2)15-6-4-13(5-7-15)16-10-8-14(3)9-11-16;1-8(2)10(13)11-9-4-6-12(3)7-5-9;1-4-12(5-2)10-6-8-11(3)9-7-10;1-9(2)8-4-6-10(3)7-5-8;1-7-3-5-8(2)6-4-7;1-7-4-2-6(8)3-5-7;1-3(2)4(5)6;4*1-2/h12-13H,4-11H2,1-3H3;8-9H,4-7H2,1-3H3,(H,11,13);10H,4-9H2,1-3H3;8H,4-7H2,1-3H3;3-6H2,1-2H3;6,8H,2-5H2,1H3;3H,1-2H3,(H2,5,6);4*1-2H3. The molecule has 81 heavy (non-hydrogen) atoms. The number of hydrogen-bond donors (Lipinski definition) is 3.